The first-order valence-electron chi connectivity index (χ1n) is 6.86. The molecular weight excluding hydrogens is 304 g/mol. The SMILES string of the molecule is CC(C)CNC(=S)Nc1ccn(Cc2ccccc2Cl)n1. The van der Waals surface area contributed by atoms with Gasteiger partial charge < -0.3 is 10.6 Å². The number of halogens is 1. The molecule has 0 aliphatic carbocycles. The number of benzene rings is 1. The summed E-state index contributed by atoms with van der Waals surface area (Å²) in [4.78, 5) is 0. The quantitative estimate of drug-likeness (QED) is 0.826. The van der Waals surface area contributed by atoms with E-state index >= 15 is 0 Å². The highest BCUT2D eigenvalue weighted by molar-refractivity contribution is 7.80. The van der Waals surface area contributed by atoms with E-state index < -0.39 is 0 Å². The lowest BCUT2D eigenvalue weighted by Gasteiger charge is -2.10. The van der Waals surface area contributed by atoms with Gasteiger partial charge in [-0.25, -0.2) is 0 Å². The third-order valence-corrected chi connectivity index (χ3v) is 3.46. The molecule has 1 aromatic heterocycles. The Balaban J connectivity index is 1.92. The Morgan fingerprint density at radius 1 is 1.33 bits per heavy atom. The van der Waals surface area contributed by atoms with E-state index in [1.54, 1.807) is 0 Å². The van der Waals surface area contributed by atoms with Gasteiger partial charge in [-0.1, -0.05) is 43.6 Å². The maximum Gasteiger partial charge on any atom is 0.171 e. The molecule has 2 aromatic rings. The summed E-state index contributed by atoms with van der Waals surface area (Å²) in [6, 6.07) is 9.65. The molecule has 4 nitrogen and oxygen atoms in total. The zero-order chi connectivity index (χ0) is 15.2. The zero-order valence-electron chi connectivity index (χ0n) is 12.1. The van der Waals surface area contributed by atoms with E-state index in [4.69, 9.17) is 23.8 Å². The molecule has 0 amide bonds. The van der Waals surface area contributed by atoms with Gasteiger partial charge in [-0.3, -0.25) is 4.68 Å². The summed E-state index contributed by atoms with van der Waals surface area (Å²) >= 11 is 11.4. The smallest absolute Gasteiger partial charge is 0.171 e. The molecule has 0 aliphatic rings. The maximum absolute atomic E-state index is 6.15. The van der Waals surface area contributed by atoms with Crippen LogP contribution >= 0.6 is 23.8 Å². The minimum absolute atomic E-state index is 0.544. The average Bonchev–Trinajstić information content (AvgIpc) is 2.86. The van der Waals surface area contributed by atoms with Crippen molar-refractivity contribution in [1.29, 1.82) is 0 Å². The minimum atomic E-state index is 0.544. The van der Waals surface area contributed by atoms with Crippen LogP contribution < -0.4 is 10.6 Å². The molecule has 0 bridgehead atoms. The summed E-state index contributed by atoms with van der Waals surface area (Å²) in [5.74, 6) is 1.27. The molecule has 0 radical (unpaired) electrons. The van der Waals surface area contributed by atoms with Gasteiger partial charge in [-0.05, 0) is 29.8 Å². The predicted molar refractivity (Wildman–Crippen MR) is 91.8 cm³/mol. The number of hydrogen-bond donors (Lipinski definition) is 2. The van der Waals surface area contributed by atoms with Crippen LogP contribution in [0.4, 0.5) is 5.82 Å². The van der Waals surface area contributed by atoms with Gasteiger partial charge in [-0.2, -0.15) is 5.10 Å². The third kappa shape index (κ3) is 5.02. The van der Waals surface area contributed by atoms with Gasteiger partial charge in [0.15, 0.2) is 10.9 Å². The summed E-state index contributed by atoms with van der Waals surface area (Å²) in [6.45, 7) is 5.74. The molecule has 0 unspecified atom stereocenters. The van der Waals surface area contributed by atoms with E-state index in [1.165, 1.54) is 0 Å². The van der Waals surface area contributed by atoms with Crippen molar-refractivity contribution in [2.24, 2.45) is 5.92 Å². The Hall–Kier alpha value is -1.59. The first-order chi connectivity index (χ1) is 10.0. The van der Waals surface area contributed by atoms with Crippen molar-refractivity contribution in [2.75, 3.05) is 11.9 Å². The van der Waals surface area contributed by atoms with Crippen LogP contribution in [0.15, 0.2) is 36.5 Å². The highest BCUT2D eigenvalue weighted by Gasteiger charge is 2.04. The maximum atomic E-state index is 6.15. The summed E-state index contributed by atoms with van der Waals surface area (Å²) < 4.78 is 1.83. The highest BCUT2D eigenvalue weighted by atomic mass is 35.5. The second-order valence-electron chi connectivity index (χ2n) is 5.22. The molecule has 2 N–H and O–H groups in total. The summed E-state index contributed by atoms with van der Waals surface area (Å²) in [6.07, 6.45) is 1.90. The number of rotatable bonds is 5. The topological polar surface area (TPSA) is 41.9 Å². The van der Waals surface area contributed by atoms with Crippen molar-refractivity contribution in [1.82, 2.24) is 15.1 Å². The van der Waals surface area contributed by atoms with E-state index in [0.717, 1.165) is 22.9 Å². The molecule has 0 fully saturated rings. The summed E-state index contributed by atoms with van der Waals surface area (Å²) in [5, 5.41) is 12.0. The summed E-state index contributed by atoms with van der Waals surface area (Å²) in [7, 11) is 0. The standard InChI is InChI=1S/C15H19ClN4S/c1-11(2)9-17-15(21)18-14-7-8-20(19-14)10-12-5-3-4-6-13(12)16/h3-8,11H,9-10H2,1-2H3,(H2,17,18,19,21). The molecule has 0 spiro atoms. The number of anilines is 1. The second kappa shape index (κ2) is 7.43. The number of nitrogens with one attached hydrogen (secondary N) is 2. The fraction of sp³-hybridized carbons (Fsp3) is 0.333. The normalized spacial score (nSPS) is 10.7. The van der Waals surface area contributed by atoms with Gasteiger partial charge in [0.25, 0.3) is 0 Å². The van der Waals surface area contributed by atoms with E-state index in [2.05, 4.69) is 29.6 Å². The monoisotopic (exact) mass is 322 g/mol. The van der Waals surface area contributed by atoms with E-state index in [0.29, 0.717) is 17.6 Å². The Kier molecular flexibility index (Phi) is 5.59. The number of aromatic nitrogens is 2. The van der Waals surface area contributed by atoms with Gasteiger partial charge in [0.1, 0.15) is 0 Å². The van der Waals surface area contributed by atoms with Crippen molar-refractivity contribution in [3.05, 3.63) is 47.1 Å². The average molecular weight is 323 g/mol. The van der Waals surface area contributed by atoms with Crippen LogP contribution in [0.5, 0.6) is 0 Å². The van der Waals surface area contributed by atoms with Crippen molar-refractivity contribution in [3.8, 4) is 0 Å². The molecule has 0 atom stereocenters. The van der Waals surface area contributed by atoms with Gasteiger partial charge in [0.2, 0.25) is 0 Å². The van der Waals surface area contributed by atoms with Crippen molar-refractivity contribution in [2.45, 2.75) is 20.4 Å². The Morgan fingerprint density at radius 2 is 2.10 bits per heavy atom. The molecule has 0 saturated heterocycles. The van der Waals surface area contributed by atoms with E-state index in [-0.39, 0.29) is 0 Å². The van der Waals surface area contributed by atoms with Gasteiger partial charge in [-0.15, -0.1) is 0 Å². The number of thiocarbonyl (C=S) groups is 1. The molecule has 1 aromatic carbocycles. The van der Waals surface area contributed by atoms with Gasteiger partial charge in [0, 0.05) is 23.8 Å². The van der Waals surface area contributed by atoms with Gasteiger partial charge in [0.05, 0.1) is 6.54 Å². The fourth-order valence-corrected chi connectivity index (χ4v) is 2.16. The molecule has 112 valence electrons. The fourth-order valence-electron chi connectivity index (χ4n) is 1.77. The van der Waals surface area contributed by atoms with Crippen molar-refractivity contribution < 1.29 is 0 Å². The Morgan fingerprint density at radius 3 is 2.81 bits per heavy atom. The lowest BCUT2D eigenvalue weighted by atomic mass is 10.2. The molecule has 0 saturated carbocycles. The lowest BCUT2D eigenvalue weighted by Crippen LogP contribution is -2.31. The molecule has 6 heteroatoms. The Bertz CT molecular complexity index is 609. The lowest BCUT2D eigenvalue weighted by molar-refractivity contribution is 0.627. The van der Waals surface area contributed by atoms with Crippen LogP contribution in [0.2, 0.25) is 5.02 Å². The zero-order valence-corrected chi connectivity index (χ0v) is 13.7. The van der Waals surface area contributed by atoms with Crippen LogP contribution in [-0.2, 0) is 6.54 Å². The third-order valence-electron chi connectivity index (χ3n) is 2.84. The van der Waals surface area contributed by atoms with Gasteiger partial charge >= 0.3 is 0 Å². The molecule has 21 heavy (non-hydrogen) atoms. The van der Waals surface area contributed by atoms with Crippen LogP contribution in [0.1, 0.15) is 19.4 Å². The van der Waals surface area contributed by atoms with Crippen LogP contribution in [0, 0.1) is 5.92 Å². The first kappa shape index (κ1) is 15.8. The number of nitrogens with zero attached hydrogens (tertiary/aromatic N) is 2. The largest absolute Gasteiger partial charge is 0.362 e. The summed E-state index contributed by atoms with van der Waals surface area (Å²) in [5.41, 5.74) is 1.04. The predicted octanol–water partition coefficient (Wildman–Crippen LogP) is 3.53. The van der Waals surface area contributed by atoms with Crippen molar-refractivity contribution >= 4 is 34.7 Å². The molecule has 2 rings (SSSR count). The van der Waals surface area contributed by atoms with E-state index in [1.807, 2.05) is 41.2 Å². The van der Waals surface area contributed by atoms with Crippen LogP contribution in [0.3, 0.4) is 0 Å². The Labute approximate surface area is 135 Å². The van der Waals surface area contributed by atoms with Crippen LogP contribution in [0.25, 0.3) is 0 Å². The highest BCUT2D eigenvalue weighted by Crippen LogP contribution is 2.16. The molecule has 0 aliphatic heterocycles. The molecular formula is C15H19ClN4S. The second-order valence-corrected chi connectivity index (χ2v) is 6.03. The molecule has 1 heterocycles. The minimum Gasteiger partial charge on any atom is -0.362 e. The van der Waals surface area contributed by atoms with E-state index in [9.17, 15) is 0 Å². The first-order valence-corrected chi connectivity index (χ1v) is 7.65. The van der Waals surface area contributed by atoms with Crippen LogP contribution in [-0.4, -0.2) is 21.4 Å². The van der Waals surface area contributed by atoms with Crippen molar-refractivity contribution in [3.63, 3.8) is 0 Å². The number of hydrogen-bond acceptors (Lipinski definition) is 2.